The number of benzene rings is 1. The molecule has 1 unspecified atom stereocenters. The maximum Gasteiger partial charge on any atom is 0.341 e. The van der Waals surface area contributed by atoms with E-state index in [9.17, 15) is 14.4 Å². The van der Waals surface area contributed by atoms with Gasteiger partial charge in [0.2, 0.25) is 0 Å². The summed E-state index contributed by atoms with van der Waals surface area (Å²) in [6.45, 7) is -0.240. The number of anilines is 1. The van der Waals surface area contributed by atoms with Gasteiger partial charge in [0.05, 0.1) is 32.8 Å². The Labute approximate surface area is 171 Å². The average Bonchev–Trinajstić information content (AvgIpc) is 3.30. The molecule has 1 atom stereocenters. The molecule has 0 saturated heterocycles. The Balaban J connectivity index is 1.75. The van der Waals surface area contributed by atoms with E-state index in [1.165, 1.54) is 25.6 Å². The molecule has 0 bridgehead atoms. The zero-order valence-corrected chi connectivity index (χ0v) is 17.1. The second kappa shape index (κ2) is 8.95. The van der Waals surface area contributed by atoms with Crippen LogP contribution in [0.5, 0.6) is 11.5 Å². The van der Waals surface area contributed by atoms with E-state index in [1.807, 2.05) is 0 Å². The monoisotopic (exact) mass is 419 g/mol. The third kappa shape index (κ3) is 4.34. The summed E-state index contributed by atoms with van der Waals surface area (Å²) in [5, 5.41) is 3.05. The SMILES string of the molecule is COC(=O)c1c(NC(=O)COc2ccc(OC)cc2)sc2c1C(C(=O)OC)CC2. The van der Waals surface area contributed by atoms with Crippen molar-refractivity contribution in [2.75, 3.05) is 33.3 Å². The van der Waals surface area contributed by atoms with Crippen molar-refractivity contribution in [1.29, 1.82) is 0 Å². The van der Waals surface area contributed by atoms with E-state index in [-0.39, 0.29) is 12.2 Å². The van der Waals surface area contributed by atoms with Crippen molar-refractivity contribution in [2.24, 2.45) is 0 Å². The van der Waals surface area contributed by atoms with Crippen LogP contribution >= 0.6 is 11.3 Å². The van der Waals surface area contributed by atoms with Crippen molar-refractivity contribution in [3.05, 3.63) is 40.3 Å². The molecule has 154 valence electrons. The fourth-order valence-corrected chi connectivity index (χ4v) is 4.50. The Morgan fingerprint density at radius 1 is 1.07 bits per heavy atom. The van der Waals surface area contributed by atoms with Crippen LogP contribution in [0.3, 0.4) is 0 Å². The molecule has 0 saturated carbocycles. The summed E-state index contributed by atoms with van der Waals surface area (Å²) < 4.78 is 20.3. The van der Waals surface area contributed by atoms with Gasteiger partial charge < -0.3 is 24.3 Å². The third-order valence-corrected chi connectivity index (χ3v) is 5.77. The number of hydrogen-bond donors (Lipinski definition) is 1. The molecule has 0 spiro atoms. The Morgan fingerprint density at radius 2 is 1.76 bits per heavy atom. The number of fused-ring (bicyclic) bond motifs is 1. The number of amides is 1. The number of rotatable bonds is 7. The summed E-state index contributed by atoms with van der Waals surface area (Å²) in [6.07, 6.45) is 1.19. The predicted octanol–water partition coefficient (Wildman–Crippen LogP) is 2.76. The van der Waals surface area contributed by atoms with E-state index in [0.717, 1.165) is 4.88 Å². The molecule has 8 nitrogen and oxygen atoms in total. The van der Waals surface area contributed by atoms with Gasteiger partial charge in [-0.2, -0.15) is 0 Å². The van der Waals surface area contributed by atoms with Gasteiger partial charge in [0.25, 0.3) is 5.91 Å². The fraction of sp³-hybridized carbons (Fsp3) is 0.350. The number of ether oxygens (including phenoxy) is 4. The van der Waals surface area contributed by atoms with Crippen LogP contribution in [0, 0.1) is 0 Å². The van der Waals surface area contributed by atoms with Gasteiger partial charge in [-0.15, -0.1) is 11.3 Å². The number of esters is 2. The standard InChI is InChI=1S/C20H21NO7S/c1-25-11-4-6-12(7-5-11)28-10-15(22)21-18-17(20(24)27-3)16-13(19(23)26-2)8-9-14(16)29-18/h4-7,13H,8-10H2,1-3H3,(H,21,22). The number of aryl methyl sites for hydroxylation is 1. The fourth-order valence-electron chi connectivity index (χ4n) is 3.22. The van der Waals surface area contributed by atoms with Gasteiger partial charge in [-0.25, -0.2) is 4.79 Å². The van der Waals surface area contributed by atoms with Crippen molar-refractivity contribution in [3.63, 3.8) is 0 Å². The molecule has 1 aliphatic rings. The smallest absolute Gasteiger partial charge is 0.341 e. The van der Waals surface area contributed by atoms with Crippen molar-refractivity contribution >= 4 is 34.2 Å². The highest BCUT2D eigenvalue weighted by molar-refractivity contribution is 7.17. The summed E-state index contributed by atoms with van der Waals surface area (Å²) in [6, 6.07) is 6.82. The van der Waals surface area contributed by atoms with E-state index in [2.05, 4.69) is 5.32 Å². The van der Waals surface area contributed by atoms with Gasteiger partial charge in [-0.05, 0) is 42.7 Å². The van der Waals surface area contributed by atoms with Crippen molar-refractivity contribution in [3.8, 4) is 11.5 Å². The van der Waals surface area contributed by atoms with Crippen LogP contribution in [-0.4, -0.2) is 45.8 Å². The second-order valence-electron chi connectivity index (χ2n) is 6.26. The number of thiophene rings is 1. The highest BCUT2D eigenvalue weighted by Gasteiger charge is 2.38. The van der Waals surface area contributed by atoms with Crippen LogP contribution in [-0.2, 0) is 25.5 Å². The van der Waals surface area contributed by atoms with Gasteiger partial charge in [0.1, 0.15) is 16.5 Å². The van der Waals surface area contributed by atoms with Crippen LogP contribution < -0.4 is 14.8 Å². The first-order valence-corrected chi connectivity index (χ1v) is 9.68. The summed E-state index contributed by atoms with van der Waals surface area (Å²) in [4.78, 5) is 37.7. The molecular formula is C20H21NO7S. The molecule has 1 aromatic carbocycles. The number of hydrogen-bond acceptors (Lipinski definition) is 8. The van der Waals surface area contributed by atoms with Crippen LogP contribution in [0.1, 0.15) is 33.1 Å². The van der Waals surface area contributed by atoms with Gasteiger partial charge >= 0.3 is 11.9 Å². The van der Waals surface area contributed by atoms with Crippen molar-refractivity contribution < 1.29 is 33.3 Å². The Kier molecular flexibility index (Phi) is 6.38. The summed E-state index contributed by atoms with van der Waals surface area (Å²) in [5.41, 5.74) is 0.790. The minimum absolute atomic E-state index is 0.207. The second-order valence-corrected chi connectivity index (χ2v) is 7.37. The summed E-state index contributed by atoms with van der Waals surface area (Å²) in [5.74, 6) is -0.800. The molecule has 1 heterocycles. The lowest BCUT2D eigenvalue weighted by Crippen LogP contribution is -2.22. The number of nitrogens with one attached hydrogen (secondary N) is 1. The van der Waals surface area contributed by atoms with Gasteiger partial charge in [0, 0.05) is 4.88 Å². The van der Waals surface area contributed by atoms with Crippen molar-refractivity contribution in [2.45, 2.75) is 18.8 Å². The first-order valence-electron chi connectivity index (χ1n) is 8.86. The Bertz CT molecular complexity index is 920. The van der Waals surface area contributed by atoms with Crippen LogP contribution in [0.4, 0.5) is 5.00 Å². The zero-order chi connectivity index (χ0) is 21.0. The lowest BCUT2D eigenvalue weighted by atomic mass is 9.99. The first-order chi connectivity index (χ1) is 14.0. The van der Waals surface area contributed by atoms with Crippen LogP contribution in [0.2, 0.25) is 0 Å². The predicted molar refractivity (Wildman–Crippen MR) is 106 cm³/mol. The number of methoxy groups -OCH3 is 3. The number of carbonyl (C=O) groups excluding carboxylic acids is 3. The Hall–Kier alpha value is -3.07. The first kappa shape index (κ1) is 20.7. The van der Waals surface area contributed by atoms with E-state index in [4.69, 9.17) is 18.9 Å². The maximum atomic E-state index is 12.4. The van der Waals surface area contributed by atoms with Gasteiger partial charge in [-0.1, -0.05) is 0 Å². The molecule has 0 fully saturated rings. The normalized spacial score (nSPS) is 14.7. The largest absolute Gasteiger partial charge is 0.497 e. The highest BCUT2D eigenvalue weighted by Crippen LogP contribution is 2.45. The van der Waals surface area contributed by atoms with E-state index in [1.54, 1.807) is 31.4 Å². The van der Waals surface area contributed by atoms with E-state index < -0.39 is 23.8 Å². The van der Waals surface area contributed by atoms with E-state index >= 15 is 0 Å². The summed E-state index contributed by atoms with van der Waals surface area (Å²) >= 11 is 1.27. The average molecular weight is 419 g/mol. The molecule has 0 radical (unpaired) electrons. The molecule has 0 aliphatic heterocycles. The zero-order valence-electron chi connectivity index (χ0n) is 16.3. The molecule has 1 amide bonds. The lowest BCUT2D eigenvalue weighted by molar-refractivity contribution is -0.142. The highest BCUT2D eigenvalue weighted by atomic mass is 32.1. The molecule has 29 heavy (non-hydrogen) atoms. The van der Waals surface area contributed by atoms with Crippen LogP contribution in [0.15, 0.2) is 24.3 Å². The molecule has 2 aromatic rings. The Morgan fingerprint density at radius 3 is 2.38 bits per heavy atom. The van der Waals surface area contributed by atoms with Crippen molar-refractivity contribution in [1.82, 2.24) is 0 Å². The van der Waals surface area contributed by atoms with Gasteiger partial charge in [0.15, 0.2) is 6.61 Å². The lowest BCUT2D eigenvalue weighted by Gasteiger charge is -2.12. The molecule has 1 N–H and O–H groups in total. The third-order valence-electron chi connectivity index (χ3n) is 4.59. The quantitative estimate of drug-likeness (QED) is 0.689. The molecule has 1 aromatic heterocycles. The topological polar surface area (TPSA) is 100 Å². The minimum atomic E-state index is -0.607. The van der Waals surface area contributed by atoms with E-state index in [0.29, 0.717) is 34.9 Å². The molecule has 3 rings (SSSR count). The molecular weight excluding hydrogens is 398 g/mol. The van der Waals surface area contributed by atoms with Gasteiger partial charge in [-0.3, -0.25) is 9.59 Å². The minimum Gasteiger partial charge on any atom is -0.497 e. The maximum absolute atomic E-state index is 12.4. The summed E-state index contributed by atoms with van der Waals surface area (Å²) in [7, 11) is 4.13. The molecule has 9 heteroatoms. The van der Waals surface area contributed by atoms with Crippen LogP contribution in [0.25, 0.3) is 0 Å². The molecule has 1 aliphatic carbocycles. The number of carbonyl (C=O) groups is 3.